The largest absolute Gasteiger partial charge is 0.383 e. The maximum Gasteiger partial charge on any atom is 0.0613 e. The number of hydrogen-bond acceptors (Lipinski definition) is 2. The molecule has 0 saturated heterocycles. The molecule has 0 aromatic heterocycles. The van der Waals surface area contributed by atoms with Crippen molar-refractivity contribution in [2.45, 2.75) is 39.7 Å². The van der Waals surface area contributed by atoms with Gasteiger partial charge in [0.15, 0.2) is 0 Å². The normalized spacial score (nSPS) is 15.0. The summed E-state index contributed by atoms with van der Waals surface area (Å²) in [6.07, 6.45) is 2.21. The Morgan fingerprint density at radius 1 is 1.45 bits per heavy atom. The van der Waals surface area contributed by atoms with Crippen LogP contribution in [0.1, 0.15) is 33.6 Å². The smallest absolute Gasteiger partial charge is 0.0613 e. The van der Waals surface area contributed by atoms with Gasteiger partial charge in [-0.3, -0.25) is 0 Å². The Morgan fingerprint density at radius 3 is 2.36 bits per heavy atom. The van der Waals surface area contributed by atoms with E-state index in [1.807, 2.05) is 0 Å². The summed E-state index contributed by atoms with van der Waals surface area (Å²) in [5.41, 5.74) is 6.18. The molecule has 1 atom stereocenters. The van der Waals surface area contributed by atoms with Crippen molar-refractivity contribution >= 4 is 0 Å². The van der Waals surface area contributed by atoms with E-state index in [0.29, 0.717) is 12.0 Å². The monoisotopic (exact) mass is 159 g/mol. The van der Waals surface area contributed by atoms with Gasteiger partial charge in [0, 0.05) is 13.2 Å². The molecule has 0 rings (SSSR count). The first-order valence-corrected chi connectivity index (χ1v) is 4.26. The van der Waals surface area contributed by atoms with Crippen LogP contribution in [0.15, 0.2) is 0 Å². The fourth-order valence-corrected chi connectivity index (χ4v) is 1.13. The van der Waals surface area contributed by atoms with E-state index in [0.717, 1.165) is 6.42 Å². The number of ether oxygens (including phenoxy) is 1. The summed E-state index contributed by atoms with van der Waals surface area (Å²) in [6, 6.07) is 0.190. The molecule has 0 fully saturated rings. The van der Waals surface area contributed by atoms with Crippen LogP contribution in [-0.2, 0) is 4.74 Å². The van der Waals surface area contributed by atoms with Crippen LogP contribution >= 0.6 is 0 Å². The zero-order valence-electron chi connectivity index (χ0n) is 8.18. The van der Waals surface area contributed by atoms with Crippen molar-refractivity contribution in [3.63, 3.8) is 0 Å². The molecule has 11 heavy (non-hydrogen) atoms. The lowest BCUT2D eigenvalue weighted by Gasteiger charge is -2.25. The van der Waals surface area contributed by atoms with Crippen LogP contribution in [0.25, 0.3) is 0 Å². The maximum atomic E-state index is 5.82. The van der Waals surface area contributed by atoms with Gasteiger partial charge >= 0.3 is 0 Å². The second kappa shape index (κ2) is 4.73. The van der Waals surface area contributed by atoms with Gasteiger partial charge in [0.1, 0.15) is 0 Å². The Hall–Kier alpha value is -0.0800. The minimum atomic E-state index is 0.190. The second-order valence-electron chi connectivity index (χ2n) is 3.94. The zero-order chi connectivity index (χ0) is 8.91. The molecule has 2 N–H and O–H groups in total. The molecule has 0 bridgehead atoms. The van der Waals surface area contributed by atoms with E-state index >= 15 is 0 Å². The molecule has 2 nitrogen and oxygen atoms in total. The molecular formula is C9H21NO. The second-order valence-corrected chi connectivity index (χ2v) is 3.94. The van der Waals surface area contributed by atoms with Crippen molar-refractivity contribution < 1.29 is 4.74 Å². The number of rotatable bonds is 5. The third-order valence-electron chi connectivity index (χ3n) is 2.15. The van der Waals surface area contributed by atoms with Crippen molar-refractivity contribution in [1.82, 2.24) is 0 Å². The Morgan fingerprint density at radius 2 is 2.00 bits per heavy atom. The molecule has 0 spiro atoms. The minimum Gasteiger partial charge on any atom is -0.383 e. The molecule has 0 amide bonds. The summed E-state index contributed by atoms with van der Waals surface area (Å²) in [5.74, 6) is 0. The molecule has 0 aliphatic carbocycles. The van der Waals surface area contributed by atoms with E-state index in [-0.39, 0.29) is 6.04 Å². The van der Waals surface area contributed by atoms with Crippen LogP contribution in [0, 0.1) is 5.41 Å². The van der Waals surface area contributed by atoms with Crippen molar-refractivity contribution in [3.05, 3.63) is 0 Å². The van der Waals surface area contributed by atoms with Crippen LogP contribution in [0.5, 0.6) is 0 Å². The van der Waals surface area contributed by atoms with E-state index in [1.165, 1.54) is 6.42 Å². The van der Waals surface area contributed by atoms with E-state index in [1.54, 1.807) is 7.11 Å². The van der Waals surface area contributed by atoms with Gasteiger partial charge in [0.2, 0.25) is 0 Å². The van der Waals surface area contributed by atoms with E-state index in [4.69, 9.17) is 10.5 Å². The van der Waals surface area contributed by atoms with E-state index < -0.39 is 0 Å². The first kappa shape index (κ1) is 10.9. The lowest BCUT2D eigenvalue weighted by atomic mass is 9.84. The summed E-state index contributed by atoms with van der Waals surface area (Å²) in [7, 11) is 1.69. The first-order valence-electron chi connectivity index (χ1n) is 4.26. The molecule has 0 aromatic rings. The van der Waals surface area contributed by atoms with E-state index in [2.05, 4.69) is 20.8 Å². The standard InChI is InChI=1S/C9H21NO/c1-5-9(2,3)6-8(10)7-11-4/h8H,5-7,10H2,1-4H3/t8-/m0/s1. The van der Waals surface area contributed by atoms with Gasteiger partial charge in [0.05, 0.1) is 6.61 Å². The Balaban J connectivity index is 3.64. The average molecular weight is 159 g/mol. The summed E-state index contributed by atoms with van der Waals surface area (Å²) in [4.78, 5) is 0. The van der Waals surface area contributed by atoms with Crippen LogP contribution in [-0.4, -0.2) is 19.8 Å². The molecule has 68 valence electrons. The van der Waals surface area contributed by atoms with Gasteiger partial charge < -0.3 is 10.5 Å². The Bertz CT molecular complexity index is 102. The van der Waals surface area contributed by atoms with Gasteiger partial charge in [-0.25, -0.2) is 0 Å². The topological polar surface area (TPSA) is 35.2 Å². The zero-order valence-corrected chi connectivity index (χ0v) is 8.18. The van der Waals surface area contributed by atoms with Gasteiger partial charge in [-0.05, 0) is 11.8 Å². The lowest BCUT2D eigenvalue weighted by molar-refractivity contribution is 0.155. The minimum absolute atomic E-state index is 0.190. The average Bonchev–Trinajstić information content (AvgIpc) is 1.87. The number of nitrogens with two attached hydrogens (primary N) is 1. The fourth-order valence-electron chi connectivity index (χ4n) is 1.13. The van der Waals surface area contributed by atoms with Crippen LogP contribution in [0.2, 0.25) is 0 Å². The predicted molar refractivity (Wildman–Crippen MR) is 48.5 cm³/mol. The van der Waals surface area contributed by atoms with Crippen LogP contribution < -0.4 is 5.73 Å². The van der Waals surface area contributed by atoms with Crippen molar-refractivity contribution in [3.8, 4) is 0 Å². The molecule has 0 aliphatic heterocycles. The SMILES string of the molecule is CCC(C)(C)C[C@H](N)COC. The molecule has 0 aliphatic rings. The molecule has 2 heteroatoms. The summed E-state index contributed by atoms with van der Waals surface area (Å²) in [5, 5.41) is 0. The molecule has 0 radical (unpaired) electrons. The highest BCUT2D eigenvalue weighted by atomic mass is 16.5. The molecule has 0 unspecified atom stereocenters. The Labute approximate surface area is 70.1 Å². The number of hydrogen-bond donors (Lipinski definition) is 1. The summed E-state index contributed by atoms with van der Waals surface area (Å²) < 4.78 is 4.97. The highest BCUT2D eigenvalue weighted by Gasteiger charge is 2.18. The van der Waals surface area contributed by atoms with Crippen LogP contribution in [0.4, 0.5) is 0 Å². The fraction of sp³-hybridized carbons (Fsp3) is 1.00. The third-order valence-corrected chi connectivity index (χ3v) is 2.15. The van der Waals surface area contributed by atoms with Gasteiger partial charge in [-0.15, -0.1) is 0 Å². The molecule has 0 heterocycles. The van der Waals surface area contributed by atoms with Crippen LogP contribution in [0.3, 0.4) is 0 Å². The van der Waals surface area contributed by atoms with Crippen molar-refractivity contribution in [2.24, 2.45) is 11.1 Å². The highest BCUT2D eigenvalue weighted by molar-refractivity contribution is 4.73. The van der Waals surface area contributed by atoms with Gasteiger partial charge in [-0.2, -0.15) is 0 Å². The summed E-state index contributed by atoms with van der Waals surface area (Å²) >= 11 is 0. The van der Waals surface area contributed by atoms with Gasteiger partial charge in [-0.1, -0.05) is 27.2 Å². The quantitative estimate of drug-likeness (QED) is 0.663. The molecule has 0 saturated carbocycles. The lowest BCUT2D eigenvalue weighted by Crippen LogP contribution is -2.31. The first-order chi connectivity index (χ1) is 5.02. The Kier molecular flexibility index (Phi) is 4.69. The highest BCUT2D eigenvalue weighted by Crippen LogP contribution is 2.25. The van der Waals surface area contributed by atoms with E-state index in [9.17, 15) is 0 Å². The summed E-state index contributed by atoms with van der Waals surface area (Å²) in [6.45, 7) is 7.34. The van der Waals surface area contributed by atoms with Crippen molar-refractivity contribution in [2.75, 3.05) is 13.7 Å². The molecular weight excluding hydrogens is 138 g/mol. The molecule has 0 aromatic carbocycles. The maximum absolute atomic E-state index is 5.82. The third kappa shape index (κ3) is 5.22. The number of methoxy groups -OCH3 is 1. The van der Waals surface area contributed by atoms with Crippen molar-refractivity contribution in [1.29, 1.82) is 0 Å². The predicted octanol–water partition coefficient (Wildman–Crippen LogP) is 1.79. The van der Waals surface area contributed by atoms with Gasteiger partial charge in [0.25, 0.3) is 0 Å².